The fourth-order valence-corrected chi connectivity index (χ4v) is 14.7. The van der Waals surface area contributed by atoms with Crippen molar-refractivity contribution < 1.29 is 46.9 Å². The van der Waals surface area contributed by atoms with Crippen LogP contribution in [0.2, 0.25) is 0 Å². The van der Waals surface area contributed by atoms with E-state index in [1.807, 2.05) is 83.3 Å². The van der Waals surface area contributed by atoms with E-state index in [-0.39, 0.29) is 69.1 Å². The Kier molecular flexibility index (Phi) is 24.2. The number of nitrogens with zero attached hydrogens (tertiary/aromatic N) is 14. The van der Waals surface area contributed by atoms with Crippen molar-refractivity contribution in [2.24, 2.45) is 22.7 Å². The highest BCUT2D eigenvalue weighted by atomic mass is 19.1. The molecular formula is C70H104F2N14O8. The van der Waals surface area contributed by atoms with E-state index in [9.17, 15) is 28.0 Å². The van der Waals surface area contributed by atoms with Crippen LogP contribution in [0.1, 0.15) is 156 Å². The van der Waals surface area contributed by atoms with Gasteiger partial charge in [-0.25, -0.2) is 28.3 Å². The molecule has 4 aromatic rings. The Morgan fingerprint density at radius 1 is 0.585 bits per heavy atom. The Labute approximate surface area is 556 Å². The van der Waals surface area contributed by atoms with E-state index in [0.29, 0.717) is 61.7 Å². The average molecular weight is 1310 g/mol. The third-order valence-corrected chi connectivity index (χ3v) is 18.9. The van der Waals surface area contributed by atoms with Gasteiger partial charge in [-0.3, -0.25) is 19.4 Å². The van der Waals surface area contributed by atoms with Crippen LogP contribution in [0.4, 0.5) is 20.4 Å². The topological polar surface area (TPSA) is 208 Å². The number of rotatable bonds is 32. The number of likely N-dealkylation sites (N-methyl/N-ethyl adjacent to an activating group) is 2. The van der Waals surface area contributed by atoms with Gasteiger partial charge in [0.2, 0.25) is 0 Å². The van der Waals surface area contributed by atoms with Gasteiger partial charge >= 0.3 is 11.9 Å². The van der Waals surface area contributed by atoms with E-state index in [0.717, 1.165) is 116 Å². The first kappa shape index (κ1) is 72.8. The van der Waals surface area contributed by atoms with Gasteiger partial charge in [0.05, 0.1) is 11.1 Å². The molecule has 94 heavy (non-hydrogen) atoms. The van der Waals surface area contributed by atoms with Crippen LogP contribution >= 0.6 is 0 Å². The SMILES string of the molecule is CCN(C(=O)c1cc(F)ccc1Oc1nncnc1N1CCC2(C1)CN([C@H](CCCN(C)CC(C)(C)OC(=O)/C=C/C(=O)OC(C)(C)CN(C)CCC[C@H](C(C)C)N1CC3(CCN(c4ncnnc4Oc4ccc(F)cc4C(=O)N(CC)C(C)C)C3)C1)C(C)C)C2)C(C)C. The lowest BCUT2D eigenvalue weighted by molar-refractivity contribution is -0.154. The van der Waals surface area contributed by atoms with Crippen molar-refractivity contribution in [2.45, 2.75) is 171 Å². The van der Waals surface area contributed by atoms with Crippen LogP contribution in [0, 0.1) is 34.3 Å². The zero-order valence-corrected chi connectivity index (χ0v) is 58.7. The highest BCUT2D eigenvalue weighted by Crippen LogP contribution is 2.47. The summed E-state index contributed by atoms with van der Waals surface area (Å²) in [5, 5.41) is 16.6. The summed E-state index contributed by atoms with van der Waals surface area (Å²) in [6.07, 6.45) is 11.0. The number of aromatic nitrogens is 6. The molecule has 8 rings (SSSR count). The number of benzene rings is 2. The van der Waals surface area contributed by atoms with Crippen molar-refractivity contribution in [3.8, 4) is 23.3 Å². The van der Waals surface area contributed by atoms with Gasteiger partial charge in [-0.05, 0) is 183 Å². The van der Waals surface area contributed by atoms with Crippen LogP contribution in [-0.2, 0) is 19.1 Å². The number of anilines is 2. The molecule has 6 heterocycles. The van der Waals surface area contributed by atoms with Gasteiger partial charge in [-0.1, -0.05) is 27.7 Å². The Morgan fingerprint density at radius 3 is 1.30 bits per heavy atom. The molecule has 2 aromatic heterocycles. The minimum absolute atomic E-state index is 0.0826. The van der Waals surface area contributed by atoms with Gasteiger partial charge in [0.25, 0.3) is 23.6 Å². The fourth-order valence-electron chi connectivity index (χ4n) is 14.7. The summed E-state index contributed by atoms with van der Waals surface area (Å²) in [7, 11) is 4.07. The van der Waals surface area contributed by atoms with Gasteiger partial charge in [0, 0.05) is 126 Å². The quantitative estimate of drug-likeness (QED) is 0.0329. The van der Waals surface area contributed by atoms with Crippen molar-refractivity contribution >= 4 is 35.4 Å². The van der Waals surface area contributed by atoms with Crippen molar-refractivity contribution in [3.05, 3.63) is 84.0 Å². The van der Waals surface area contributed by atoms with Gasteiger partial charge in [0.15, 0.2) is 11.6 Å². The molecule has 4 aliphatic heterocycles. The molecule has 0 aliphatic carbocycles. The Bertz CT molecular complexity index is 3050. The zero-order valence-electron chi connectivity index (χ0n) is 58.7. The van der Waals surface area contributed by atoms with Gasteiger partial charge in [-0.15, -0.1) is 20.4 Å². The lowest BCUT2D eigenvalue weighted by Crippen LogP contribution is -2.62. The Hall–Kier alpha value is -7.02. The van der Waals surface area contributed by atoms with Crippen LogP contribution in [0.5, 0.6) is 23.3 Å². The van der Waals surface area contributed by atoms with E-state index >= 15 is 0 Å². The summed E-state index contributed by atoms with van der Waals surface area (Å²) in [4.78, 5) is 79.8. The summed E-state index contributed by atoms with van der Waals surface area (Å²) in [5.74, 6) is -0.238. The van der Waals surface area contributed by atoms with Gasteiger partial charge < -0.3 is 48.3 Å². The van der Waals surface area contributed by atoms with E-state index in [2.05, 4.69) is 87.5 Å². The molecule has 0 bridgehead atoms. The third-order valence-electron chi connectivity index (χ3n) is 18.9. The first-order chi connectivity index (χ1) is 44.4. The normalized spacial score (nSPS) is 17.3. The molecule has 516 valence electrons. The van der Waals surface area contributed by atoms with E-state index in [1.165, 1.54) is 49.1 Å². The molecule has 24 heteroatoms. The number of likely N-dealkylation sites (tertiary alicyclic amines) is 2. The molecule has 0 radical (unpaired) electrons. The maximum atomic E-state index is 14.5. The summed E-state index contributed by atoms with van der Waals surface area (Å²) in [5.41, 5.74) is -1.24. The lowest BCUT2D eigenvalue weighted by Gasteiger charge is -2.53. The lowest BCUT2D eigenvalue weighted by atomic mass is 9.76. The smallest absolute Gasteiger partial charge is 0.331 e. The molecule has 4 aliphatic rings. The number of esters is 2. The average Bonchev–Trinajstić information content (AvgIpc) is 1.60. The molecule has 2 spiro atoms. The Balaban J connectivity index is 0.725. The molecular weight excluding hydrogens is 1200 g/mol. The molecule has 2 atom stereocenters. The van der Waals surface area contributed by atoms with E-state index in [4.69, 9.17) is 18.9 Å². The second kappa shape index (κ2) is 31.2. The predicted molar refractivity (Wildman–Crippen MR) is 358 cm³/mol. The number of amides is 2. The van der Waals surface area contributed by atoms with E-state index < -0.39 is 34.8 Å². The standard InChI is InChI=1S/C70H104F2N14O8/c1-17-85(49(7)8)65(89)53-35-51(71)23-25-57(53)91-63-61(73-45-75-77-63)81-33-29-69(39-81)41-83(42-69)55(47(3)4)21-19-31-79(15)37-67(11,12)93-59(87)27-28-60(88)94-68(13,14)38-80(16)32-20-22-56(48(5)6)84-43-70(44-84)30-34-82(40-70)62-64(78-76-46-74-62)92-58-26-24-52(72)36-54(58)66(90)86(18-2)50(9)10/h23-28,35-36,45-50,55-56H,17-22,29-34,37-44H2,1-16H3/b28-27+/t55-,56-/m1/s1. The molecule has 2 amide bonds. The largest absolute Gasteiger partial charge is 0.455 e. The molecule has 2 aromatic carbocycles. The summed E-state index contributed by atoms with van der Waals surface area (Å²) in [6, 6.07) is 8.47. The number of hydrogen-bond acceptors (Lipinski definition) is 20. The summed E-state index contributed by atoms with van der Waals surface area (Å²) in [6.45, 7) is 38.5. The number of carbonyl (C=O) groups is 4. The van der Waals surface area contributed by atoms with Crippen molar-refractivity contribution in [2.75, 3.05) is 116 Å². The second-order valence-corrected chi connectivity index (χ2v) is 29.3. The number of carbonyl (C=O) groups excluding carboxylic acids is 4. The summed E-state index contributed by atoms with van der Waals surface area (Å²) < 4.78 is 53.4. The highest BCUT2D eigenvalue weighted by Gasteiger charge is 2.52. The van der Waals surface area contributed by atoms with Gasteiger partial charge in [0.1, 0.15) is 47.0 Å². The van der Waals surface area contributed by atoms with Crippen LogP contribution < -0.4 is 19.3 Å². The van der Waals surface area contributed by atoms with Gasteiger partial charge in [-0.2, -0.15) is 0 Å². The minimum Gasteiger partial charge on any atom is -0.455 e. The zero-order chi connectivity index (χ0) is 68.5. The first-order valence-corrected chi connectivity index (χ1v) is 33.8. The number of halogens is 2. The van der Waals surface area contributed by atoms with Crippen LogP contribution in [0.15, 0.2) is 61.2 Å². The van der Waals surface area contributed by atoms with E-state index in [1.54, 1.807) is 9.80 Å². The fraction of sp³-hybridized carbons (Fsp3) is 0.657. The monoisotopic (exact) mass is 1310 g/mol. The maximum absolute atomic E-state index is 14.5. The van der Waals surface area contributed by atoms with Crippen molar-refractivity contribution in [3.63, 3.8) is 0 Å². The third kappa shape index (κ3) is 18.5. The second-order valence-electron chi connectivity index (χ2n) is 29.3. The molecule has 0 unspecified atom stereocenters. The molecule has 4 saturated heterocycles. The van der Waals surface area contributed by atoms with Crippen LogP contribution in [-0.4, -0.2) is 225 Å². The predicted octanol–water partition coefficient (Wildman–Crippen LogP) is 10.1. The van der Waals surface area contributed by atoms with Crippen LogP contribution in [0.3, 0.4) is 0 Å². The molecule has 22 nitrogen and oxygen atoms in total. The minimum atomic E-state index is -0.820. The summed E-state index contributed by atoms with van der Waals surface area (Å²) >= 11 is 0. The van der Waals surface area contributed by atoms with Crippen LogP contribution in [0.25, 0.3) is 0 Å². The Morgan fingerprint density at radius 2 is 0.957 bits per heavy atom. The highest BCUT2D eigenvalue weighted by molar-refractivity contribution is 5.98. The molecule has 4 fully saturated rings. The van der Waals surface area contributed by atoms with Crippen molar-refractivity contribution in [1.82, 2.24) is 59.8 Å². The van der Waals surface area contributed by atoms with Crippen molar-refractivity contribution in [1.29, 1.82) is 0 Å². The number of hydrogen-bond donors (Lipinski definition) is 0. The molecule has 0 saturated carbocycles. The first-order valence-electron chi connectivity index (χ1n) is 33.8. The molecule has 0 N–H and O–H groups in total. The number of ether oxygens (including phenoxy) is 4. The maximum Gasteiger partial charge on any atom is 0.331 e.